The van der Waals surface area contributed by atoms with Crippen molar-refractivity contribution >= 4 is 23.3 Å². The van der Waals surface area contributed by atoms with Gasteiger partial charge in [0.1, 0.15) is 6.10 Å². The SMILES string of the molecule is NC([NH3+])=S.O=C([O-])C(O)c1ccccc1. The van der Waals surface area contributed by atoms with Crippen molar-refractivity contribution in [1.82, 2.24) is 0 Å². The van der Waals surface area contributed by atoms with Crippen molar-refractivity contribution in [3.8, 4) is 0 Å². The highest BCUT2D eigenvalue weighted by Crippen LogP contribution is 2.09. The van der Waals surface area contributed by atoms with Gasteiger partial charge in [0, 0.05) is 12.2 Å². The second kappa shape index (κ2) is 6.88. The molecule has 0 aliphatic rings. The van der Waals surface area contributed by atoms with Crippen LogP contribution in [0.1, 0.15) is 11.7 Å². The van der Waals surface area contributed by atoms with E-state index in [-0.39, 0.29) is 5.11 Å². The van der Waals surface area contributed by atoms with E-state index in [1.54, 1.807) is 18.2 Å². The highest BCUT2D eigenvalue weighted by atomic mass is 32.1. The molecule has 0 aromatic heterocycles. The summed E-state index contributed by atoms with van der Waals surface area (Å²) in [6, 6.07) is 8.11. The lowest BCUT2D eigenvalue weighted by Crippen LogP contribution is -2.60. The van der Waals surface area contributed by atoms with Crippen LogP contribution in [0.3, 0.4) is 0 Å². The van der Waals surface area contributed by atoms with Crippen LogP contribution in [-0.4, -0.2) is 16.2 Å². The van der Waals surface area contributed by atoms with E-state index in [0.29, 0.717) is 5.56 Å². The van der Waals surface area contributed by atoms with Crippen LogP contribution >= 0.6 is 12.2 Å². The average Bonchev–Trinajstić information content (AvgIpc) is 2.17. The first-order chi connectivity index (χ1) is 6.95. The van der Waals surface area contributed by atoms with Crippen LogP contribution in [-0.2, 0) is 4.79 Å². The molecule has 0 heterocycles. The Bertz CT molecular complexity index is 325. The fourth-order valence-electron chi connectivity index (χ4n) is 0.771. The first-order valence-electron chi connectivity index (χ1n) is 4.00. The van der Waals surface area contributed by atoms with Gasteiger partial charge in [-0.25, -0.2) is 0 Å². The molecular weight excluding hydrogens is 216 g/mol. The zero-order chi connectivity index (χ0) is 11.8. The molecule has 1 unspecified atom stereocenters. The molecule has 0 bridgehead atoms. The van der Waals surface area contributed by atoms with Crippen LogP contribution in [0.5, 0.6) is 0 Å². The number of aliphatic hydroxyl groups excluding tert-OH is 1. The normalized spacial score (nSPS) is 10.8. The molecule has 0 radical (unpaired) electrons. The number of benzene rings is 1. The van der Waals surface area contributed by atoms with Crippen molar-refractivity contribution in [3.63, 3.8) is 0 Å². The van der Waals surface area contributed by atoms with Gasteiger partial charge in [-0.15, -0.1) is 0 Å². The minimum Gasteiger partial charge on any atom is -0.547 e. The third kappa shape index (κ3) is 6.55. The maximum Gasteiger partial charge on any atom is 0.262 e. The Morgan fingerprint density at radius 1 is 1.47 bits per heavy atom. The number of carbonyl (C=O) groups excluding carboxylic acids is 1. The topological polar surface area (TPSA) is 114 Å². The predicted octanol–water partition coefficient (Wildman–Crippen LogP) is -2.06. The fourth-order valence-corrected chi connectivity index (χ4v) is 0.771. The van der Waals surface area contributed by atoms with Crippen molar-refractivity contribution < 1.29 is 20.7 Å². The Morgan fingerprint density at radius 2 is 1.87 bits per heavy atom. The van der Waals surface area contributed by atoms with E-state index in [4.69, 9.17) is 10.8 Å². The lowest BCUT2D eigenvalue weighted by Gasteiger charge is -2.10. The van der Waals surface area contributed by atoms with Crippen LogP contribution in [0, 0.1) is 0 Å². The predicted molar refractivity (Wildman–Crippen MR) is 56.1 cm³/mol. The second-order valence-corrected chi connectivity index (χ2v) is 3.12. The second-order valence-electron chi connectivity index (χ2n) is 2.60. The summed E-state index contributed by atoms with van der Waals surface area (Å²) in [5.41, 5.74) is 8.22. The number of carboxylic acids is 1. The van der Waals surface area contributed by atoms with Gasteiger partial charge in [-0.1, -0.05) is 30.3 Å². The third-order valence-corrected chi connectivity index (χ3v) is 1.34. The van der Waals surface area contributed by atoms with Gasteiger partial charge in [0.2, 0.25) is 0 Å². The number of thiocarbonyl (C=S) groups is 1. The molecule has 1 rings (SSSR count). The Morgan fingerprint density at radius 3 is 2.20 bits per heavy atom. The molecule has 0 saturated heterocycles. The summed E-state index contributed by atoms with van der Waals surface area (Å²) in [6.07, 6.45) is -1.52. The highest BCUT2D eigenvalue weighted by Gasteiger charge is 2.05. The van der Waals surface area contributed by atoms with E-state index in [1.165, 1.54) is 12.1 Å². The summed E-state index contributed by atoms with van der Waals surface area (Å²) in [4.78, 5) is 10.1. The number of carboxylic acid groups (broad SMARTS) is 1. The van der Waals surface area contributed by atoms with E-state index in [9.17, 15) is 9.90 Å². The molecule has 0 saturated carbocycles. The monoisotopic (exact) mass is 228 g/mol. The first-order valence-corrected chi connectivity index (χ1v) is 4.41. The number of aliphatic hydroxyl groups is 1. The van der Waals surface area contributed by atoms with Gasteiger partial charge in [0.25, 0.3) is 5.11 Å². The van der Waals surface area contributed by atoms with Gasteiger partial charge in [-0.2, -0.15) is 0 Å². The molecule has 5 nitrogen and oxygen atoms in total. The average molecular weight is 228 g/mol. The third-order valence-electron chi connectivity index (χ3n) is 1.34. The minimum atomic E-state index is -1.52. The summed E-state index contributed by atoms with van der Waals surface area (Å²) in [5, 5.41) is 19.3. The summed E-state index contributed by atoms with van der Waals surface area (Å²) in [7, 11) is 0. The molecule has 15 heavy (non-hydrogen) atoms. The first kappa shape index (κ1) is 13.5. The largest absolute Gasteiger partial charge is 0.547 e. The molecule has 0 fully saturated rings. The van der Waals surface area contributed by atoms with Crippen LogP contribution in [0.4, 0.5) is 0 Å². The quantitative estimate of drug-likeness (QED) is 0.504. The fraction of sp³-hybridized carbons (Fsp3) is 0.111. The lowest BCUT2D eigenvalue weighted by atomic mass is 10.1. The van der Waals surface area contributed by atoms with E-state index < -0.39 is 12.1 Å². The summed E-state index contributed by atoms with van der Waals surface area (Å²) in [5.74, 6) is -1.48. The van der Waals surface area contributed by atoms with E-state index >= 15 is 0 Å². The number of quaternary nitrogens is 1. The van der Waals surface area contributed by atoms with E-state index in [2.05, 4.69) is 18.0 Å². The molecule has 0 aliphatic carbocycles. The van der Waals surface area contributed by atoms with Crippen molar-refractivity contribution in [2.75, 3.05) is 0 Å². The number of hydrogen-bond donors (Lipinski definition) is 3. The zero-order valence-electron chi connectivity index (χ0n) is 7.92. The van der Waals surface area contributed by atoms with Gasteiger partial charge >= 0.3 is 0 Å². The molecule has 1 aromatic carbocycles. The van der Waals surface area contributed by atoms with Gasteiger partial charge in [0.05, 0.1) is 5.97 Å². The number of hydrogen-bond acceptors (Lipinski definition) is 4. The number of rotatable bonds is 2. The molecule has 0 aliphatic heterocycles. The standard InChI is InChI=1S/C8H8O3.CH4N2S/c9-7(8(10)11)6-4-2-1-3-5-6;2-1(3)4/h1-5,7,9H,(H,10,11);(H4,2,3,4). The van der Waals surface area contributed by atoms with Crippen LogP contribution in [0.2, 0.25) is 0 Å². The van der Waals surface area contributed by atoms with Gasteiger partial charge in [-0.3, -0.25) is 0 Å². The number of carbonyl (C=O) groups is 1. The molecule has 0 spiro atoms. The highest BCUT2D eigenvalue weighted by molar-refractivity contribution is 7.79. The Kier molecular flexibility index (Phi) is 6.19. The van der Waals surface area contributed by atoms with Crippen molar-refractivity contribution in [3.05, 3.63) is 35.9 Å². The molecule has 0 amide bonds. The van der Waals surface area contributed by atoms with Gasteiger partial charge in [0.15, 0.2) is 0 Å². The Labute approximate surface area is 92.3 Å². The summed E-state index contributed by atoms with van der Waals surface area (Å²) in [6.45, 7) is 0. The van der Waals surface area contributed by atoms with Crippen LogP contribution in [0.15, 0.2) is 30.3 Å². The van der Waals surface area contributed by atoms with Crippen molar-refractivity contribution in [2.24, 2.45) is 5.73 Å². The van der Waals surface area contributed by atoms with E-state index in [0.717, 1.165) is 0 Å². The molecule has 1 atom stereocenters. The van der Waals surface area contributed by atoms with Crippen LogP contribution in [0.25, 0.3) is 0 Å². The molecule has 6 N–H and O–H groups in total. The molecule has 6 heteroatoms. The molecule has 82 valence electrons. The summed E-state index contributed by atoms with van der Waals surface area (Å²) >= 11 is 4.20. The van der Waals surface area contributed by atoms with Gasteiger partial charge in [-0.05, 0) is 5.56 Å². The maximum atomic E-state index is 10.1. The number of aliphatic carboxylic acids is 1. The molecular formula is C9H12N2O3S. The van der Waals surface area contributed by atoms with Gasteiger partial charge < -0.3 is 26.5 Å². The molecule has 1 aromatic rings. The minimum absolute atomic E-state index is 0.250. The van der Waals surface area contributed by atoms with Crippen LogP contribution < -0.4 is 16.6 Å². The van der Waals surface area contributed by atoms with Crippen molar-refractivity contribution in [2.45, 2.75) is 6.10 Å². The summed E-state index contributed by atoms with van der Waals surface area (Å²) < 4.78 is 0. The number of nitrogens with two attached hydrogens (primary N) is 1. The van der Waals surface area contributed by atoms with Crippen molar-refractivity contribution in [1.29, 1.82) is 0 Å². The Hall–Kier alpha value is -1.50. The Balaban J connectivity index is 0.000000423. The zero-order valence-corrected chi connectivity index (χ0v) is 8.74. The smallest absolute Gasteiger partial charge is 0.262 e. The maximum absolute atomic E-state index is 10.1. The van der Waals surface area contributed by atoms with E-state index in [1.807, 2.05) is 0 Å². The lowest BCUT2D eigenvalue weighted by molar-refractivity contribution is -0.315.